The lowest BCUT2D eigenvalue weighted by atomic mass is 9.98. The molecule has 0 aromatic heterocycles. The molecule has 1 rings (SSSR count). The summed E-state index contributed by atoms with van der Waals surface area (Å²) in [5.41, 5.74) is 9.34. The van der Waals surface area contributed by atoms with Gasteiger partial charge in [0.1, 0.15) is 0 Å². The van der Waals surface area contributed by atoms with E-state index < -0.39 is 0 Å². The van der Waals surface area contributed by atoms with Gasteiger partial charge in [-0.25, -0.2) is 0 Å². The third-order valence-electron chi connectivity index (χ3n) is 3.45. The number of nitrogens with two attached hydrogens (primary N) is 1. The van der Waals surface area contributed by atoms with Gasteiger partial charge < -0.3 is 11.1 Å². The third-order valence-corrected chi connectivity index (χ3v) is 3.45. The molecule has 0 bridgehead atoms. The van der Waals surface area contributed by atoms with Gasteiger partial charge >= 0.3 is 0 Å². The van der Waals surface area contributed by atoms with Crippen molar-refractivity contribution < 1.29 is 4.79 Å². The number of rotatable bonds is 4. The minimum absolute atomic E-state index is 0.0116. The zero-order valence-corrected chi connectivity index (χ0v) is 11.9. The summed E-state index contributed by atoms with van der Waals surface area (Å²) in [6.45, 7) is 9.85. The molecule has 0 saturated carbocycles. The topological polar surface area (TPSA) is 55.1 Å². The Balaban J connectivity index is 2.76. The summed E-state index contributed by atoms with van der Waals surface area (Å²) in [7, 11) is 0. The van der Waals surface area contributed by atoms with Crippen LogP contribution in [0.2, 0.25) is 0 Å². The number of hydrogen-bond acceptors (Lipinski definition) is 2. The highest BCUT2D eigenvalue weighted by atomic mass is 16.1. The molecule has 18 heavy (non-hydrogen) atoms. The molecule has 0 aliphatic rings. The van der Waals surface area contributed by atoms with Gasteiger partial charge in [-0.05, 0) is 38.8 Å². The van der Waals surface area contributed by atoms with Crippen LogP contribution in [-0.4, -0.2) is 11.9 Å². The molecule has 0 radical (unpaired) electrons. The fourth-order valence-electron chi connectivity index (χ4n) is 1.97. The van der Waals surface area contributed by atoms with E-state index in [2.05, 4.69) is 37.4 Å². The second-order valence-corrected chi connectivity index (χ2v) is 5.24. The Bertz CT molecular complexity index is 427. The van der Waals surface area contributed by atoms with E-state index in [1.54, 1.807) is 0 Å². The smallest absolute Gasteiger partial charge is 0.224 e. The van der Waals surface area contributed by atoms with Crippen molar-refractivity contribution in [1.82, 2.24) is 5.32 Å². The van der Waals surface area contributed by atoms with E-state index >= 15 is 0 Å². The Labute approximate surface area is 110 Å². The number of aryl methyl sites for hydroxylation is 2. The number of nitrogens with one attached hydrogen (secondary N) is 1. The van der Waals surface area contributed by atoms with Gasteiger partial charge in [-0.1, -0.05) is 30.7 Å². The van der Waals surface area contributed by atoms with Gasteiger partial charge in [-0.2, -0.15) is 0 Å². The maximum Gasteiger partial charge on any atom is 0.224 e. The Kier molecular flexibility index (Phi) is 4.91. The number of hydrogen-bond donors (Lipinski definition) is 2. The molecule has 0 aliphatic heterocycles. The van der Waals surface area contributed by atoms with E-state index in [0.717, 1.165) is 5.56 Å². The van der Waals surface area contributed by atoms with Crippen LogP contribution < -0.4 is 11.1 Å². The molecule has 1 aromatic rings. The van der Waals surface area contributed by atoms with Gasteiger partial charge in [0.25, 0.3) is 0 Å². The lowest BCUT2D eigenvalue weighted by Gasteiger charge is -2.21. The van der Waals surface area contributed by atoms with E-state index in [4.69, 9.17) is 5.73 Å². The highest BCUT2D eigenvalue weighted by Gasteiger charge is 2.19. The van der Waals surface area contributed by atoms with Crippen LogP contribution in [0.5, 0.6) is 0 Å². The van der Waals surface area contributed by atoms with Gasteiger partial charge in [0.15, 0.2) is 0 Å². The quantitative estimate of drug-likeness (QED) is 0.860. The summed E-state index contributed by atoms with van der Waals surface area (Å²) < 4.78 is 0. The molecule has 100 valence electrons. The third kappa shape index (κ3) is 3.57. The average molecular weight is 248 g/mol. The first kappa shape index (κ1) is 14.7. The second-order valence-electron chi connectivity index (χ2n) is 5.24. The SMILES string of the molecule is Cc1ccc(C(C)NC(=O)C(C)C(C)N)c(C)c1. The van der Waals surface area contributed by atoms with Crippen molar-refractivity contribution in [3.05, 3.63) is 34.9 Å². The number of carbonyl (C=O) groups is 1. The molecule has 0 heterocycles. The summed E-state index contributed by atoms with van der Waals surface area (Å²) in [5, 5.41) is 3.02. The Morgan fingerprint density at radius 3 is 2.33 bits per heavy atom. The molecule has 0 saturated heterocycles. The first-order valence-electron chi connectivity index (χ1n) is 6.46. The van der Waals surface area contributed by atoms with E-state index in [0.29, 0.717) is 0 Å². The standard InChI is InChI=1S/C15H24N2O/c1-9-6-7-14(10(2)8-9)13(5)17-15(18)11(3)12(4)16/h6-8,11-13H,16H2,1-5H3,(H,17,18). The fourth-order valence-corrected chi connectivity index (χ4v) is 1.97. The number of amides is 1. The molecule has 3 unspecified atom stereocenters. The van der Waals surface area contributed by atoms with Crippen LogP contribution in [0.15, 0.2) is 18.2 Å². The average Bonchev–Trinajstić information content (AvgIpc) is 2.27. The summed E-state index contributed by atoms with van der Waals surface area (Å²) in [6.07, 6.45) is 0. The van der Waals surface area contributed by atoms with Crippen molar-refractivity contribution in [2.75, 3.05) is 0 Å². The molecule has 3 atom stereocenters. The Morgan fingerprint density at radius 2 is 1.83 bits per heavy atom. The predicted molar refractivity (Wildman–Crippen MR) is 75.3 cm³/mol. The van der Waals surface area contributed by atoms with E-state index in [9.17, 15) is 4.79 Å². The summed E-state index contributed by atoms with van der Waals surface area (Å²) in [6, 6.07) is 6.16. The van der Waals surface area contributed by atoms with Crippen molar-refractivity contribution in [3.63, 3.8) is 0 Å². The number of benzene rings is 1. The van der Waals surface area contributed by atoms with Crippen LogP contribution in [0.4, 0.5) is 0 Å². The van der Waals surface area contributed by atoms with Gasteiger partial charge in [-0.3, -0.25) is 4.79 Å². The molecule has 3 nitrogen and oxygen atoms in total. The van der Waals surface area contributed by atoms with E-state index in [-0.39, 0.29) is 23.9 Å². The molecule has 0 fully saturated rings. The molecular formula is C15H24N2O. The van der Waals surface area contributed by atoms with Crippen LogP contribution in [-0.2, 0) is 4.79 Å². The Hall–Kier alpha value is -1.35. The first-order chi connectivity index (χ1) is 8.32. The van der Waals surface area contributed by atoms with Crippen molar-refractivity contribution in [2.24, 2.45) is 11.7 Å². The monoisotopic (exact) mass is 248 g/mol. The molecule has 3 N–H and O–H groups in total. The summed E-state index contributed by atoms with van der Waals surface area (Å²) in [4.78, 5) is 12.0. The largest absolute Gasteiger partial charge is 0.349 e. The van der Waals surface area contributed by atoms with E-state index in [1.807, 2.05) is 20.8 Å². The van der Waals surface area contributed by atoms with Gasteiger partial charge in [0, 0.05) is 12.0 Å². The minimum atomic E-state index is -0.168. The molecule has 0 spiro atoms. The van der Waals surface area contributed by atoms with Crippen molar-refractivity contribution in [2.45, 2.75) is 46.7 Å². The van der Waals surface area contributed by atoms with Crippen LogP contribution in [0.3, 0.4) is 0 Å². The highest BCUT2D eigenvalue weighted by Crippen LogP contribution is 2.19. The highest BCUT2D eigenvalue weighted by molar-refractivity contribution is 5.79. The summed E-state index contributed by atoms with van der Waals surface area (Å²) >= 11 is 0. The zero-order valence-electron chi connectivity index (χ0n) is 11.9. The maximum absolute atomic E-state index is 12.0. The van der Waals surface area contributed by atoms with Crippen molar-refractivity contribution in [1.29, 1.82) is 0 Å². The molecule has 0 aliphatic carbocycles. The second kappa shape index (κ2) is 6.01. The van der Waals surface area contributed by atoms with E-state index in [1.165, 1.54) is 11.1 Å². The minimum Gasteiger partial charge on any atom is -0.349 e. The van der Waals surface area contributed by atoms with Crippen LogP contribution >= 0.6 is 0 Å². The predicted octanol–water partition coefficient (Wildman–Crippen LogP) is 2.46. The molecule has 1 amide bonds. The molecule has 3 heteroatoms. The normalized spacial score (nSPS) is 15.9. The van der Waals surface area contributed by atoms with Crippen LogP contribution in [0, 0.1) is 19.8 Å². The number of carbonyl (C=O) groups excluding carboxylic acids is 1. The van der Waals surface area contributed by atoms with Gasteiger partial charge in [0.05, 0.1) is 6.04 Å². The van der Waals surface area contributed by atoms with Gasteiger partial charge in [0.2, 0.25) is 5.91 Å². The molecule has 1 aromatic carbocycles. The van der Waals surface area contributed by atoms with Gasteiger partial charge in [-0.15, -0.1) is 0 Å². The van der Waals surface area contributed by atoms with Crippen LogP contribution in [0.1, 0.15) is 43.5 Å². The fraction of sp³-hybridized carbons (Fsp3) is 0.533. The van der Waals surface area contributed by atoms with Crippen molar-refractivity contribution >= 4 is 5.91 Å². The lowest BCUT2D eigenvalue weighted by molar-refractivity contribution is -0.125. The summed E-state index contributed by atoms with van der Waals surface area (Å²) in [5.74, 6) is -0.157. The van der Waals surface area contributed by atoms with Crippen molar-refractivity contribution in [3.8, 4) is 0 Å². The zero-order chi connectivity index (χ0) is 13.9. The first-order valence-corrected chi connectivity index (χ1v) is 6.46. The van der Waals surface area contributed by atoms with Crippen LogP contribution in [0.25, 0.3) is 0 Å². The Morgan fingerprint density at radius 1 is 1.22 bits per heavy atom. The lowest BCUT2D eigenvalue weighted by Crippen LogP contribution is -2.39. The maximum atomic E-state index is 12.0. The molecular weight excluding hydrogens is 224 g/mol.